The molecule has 0 spiro atoms. The molecule has 7 heteroatoms. The molecule has 0 radical (unpaired) electrons. The summed E-state index contributed by atoms with van der Waals surface area (Å²) in [7, 11) is 1.63. The van der Waals surface area contributed by atoms with Crippen molar-refractivity contribution in [2.45, 2.75) is 38.6 Å². The zero-order valence-electron chi connectivity index (χ0n) is 15.3. The lowest BCUT2D eigenvalue weighted by molar-refractivity contribution is 0.0938. The molecular weight excluding hydrogens is 364 g/mol. The molecule has 1 N–H and O–H groups in total. The second kappa shape index (κ2) is 7.19. The Morgan fingerprint density at radius 1 is 1.26 bits per heavy atom. The molecule has 2 aromatic heterocycles. The van der Waals surface area contributed by atoms with Crippen molar-refractivity contribution in [2.24, 2.45) is 0 Å². The van der Waals surface area contributed by atoms with Crippen molar-refractivity contribution >= 4 is 28.5 Å². The highest BCUT2D eigenvalue weighted by atomic mass is 35.5. The van der Waals surface area contributed by atoms with Gasteiger partial charge < -0.3 is 10.1 Å². The zero-order valence-corrected chi connectivity index (χ0v) is 16.1. The van der Waals surface area contributed by atoms with E-state index in [-0.39, 0.29) is 11.9 Å². The number of aryl methyl sites for hydroxylation is 1. The van der Waals surface area contributed by atoms with Gasteiger partial charge in [-0.1, -0.05) is 24.4 Å². The monoisotopic (exact) mass is 384 g/mol. The van der Waals surface area contributed by atoms with Gasteiger partial charge >= 0.3 is 0 Å². The molecule has 3 aromatic rings. The molecule has 27 heavy (non-hydrogen) atoms. The predicted molar refractivity (Wildman–Crippen MR) is 105 cm³/mol. The Bertz CT molecular complexity index is 991. The number of nitrogens with one attached hydrogen (secondary N) is 1. The van der Waals surface area contributed by atoms with Crippen LogP contribution in [-0.2, 0) is 0 Å². The van der Waals surface area contributed by atoms with Gasteiger partial charge in [0.2, 0.25) is 0 Å². The van der Waals surface area contributed by atoms with Crippen molar-refractivity contribution in [3.63, 3.8) is 0 Å². The molecule has 4 rings (SSSR count). The molecule has 1 saturated carbocycles. The number of aromatic nitrogens is 3. The largest absolute Gasteiger partial charge is 0.497 e. The maximum Gasteiger partial charge on any atom is 0.254 e. The Labute approximate surface area is 162 Å². The van der Waals surface area contributed by atoms with Gasteiger partial charge in [0, 0.05) is 12.2 Å². The van der Waals surface area contributed by atoms with E-state index in [4.69, 9.17) is 16.3 Å². The third kappa shape index (κ3) is 3.25. The maximum atomic E-state index is 12.6. The number of methoxy groups -OCH3 is 1. The first-order valence-electron chi connectivity index (χ1n) is 9.07. The molecule has 2 heterocycles. The van der Waals surface area contributed by atoms with Crippen molar-refractivity contribution in [1.29, 1.82) is 0 Å². The minimum absolute atomic E-state index is 0.169. The van der Waals surface area contributed by atoms with E-state index in [2.05, 4.69) is 15.4 Å². The van der Waals surface area contributed by atoms with E-state index >= 15 is 0 Å². The van der Waals surface area contributed by atoms with Crippen LogP contribution in [0.3, 0.4) is 0 Å². The molecule has 0 unspecified atom stereocenters. The average molecular weight is 385 g/mol. The maximum absolute atomic E-state index is 12.6. The first-order valence-corrected chi connectivity index (χ1v) is 9.45. The lowest BCUT2D eigenvalue weighted by atomic mass is 10.1. The van der Waals surface area contributed by atoms with E-state index in [1.165, 1.54) is 6.20 Å². The molecule has 1 fully saturated rings. The van der Waals surface area contributed by atoms with Crippen molar-refractivity contribution in [3.8, 4) is 11.4 Å². The fourth-order valence-electron chi connectivity index (χ4n) is 3.60. The number of benzene rings is 1. The number of carbonyl (C=O) groups is 1. The summed E-state index contributed by atoms with van der Waals surface area (Å²) in [5, 5.41) is 8.74. The standard InChI is InChI=1S/C20H21ClN4O2/c1-12-17-18(21)16(20(26)23-13-5-3-4-6-13)11-22-19(17)25(24-12)14-7-9-15(27-2)10-8-14/h7-11,13H,3-6H2,1-2H3,(H,23,26). The number of hydrogen-bond donors (Lipinski definition) is 1. The van der Waals surface area contributed by atoms with Crippen LogP contribution in [0.25, 0.3) is 16.7 Å². The third-order valence-electron chi connectivity index (χ3n) is 5.06. The minimum Gasteiger partial charge on any atom is -0.497 e. The highest BCUT2D eigenvalue weighted by Gasteiger charge is 2.23. The number of halogens is 1. The highest BCUT2D eigenvalue weighted by molar-refractivity contribution is 6.38. The summed E-state index contributed by atoms with van der Waals surface area (Å²) in [5.74, 6) is 0.599. The SMILES string of the molecule is COc1ccc(-n2nc(C)c3c(Cl)c(C(=O)NC4CCCC4)cnc32)cc1. The predicted octanol–water partition coefficient (Wildman–Crippen LogP) is 4.06. The van der Waals surface area contributed by atoms with Crippen LogP contribution < -0.4 is 10.1 Å². The van der Waals surface area contributed by atoms with Gasteiger partial charge in [-0.3, -0.25) is 4.79 Å². The summed E-state index contributed by atoms with van der Waals surface area (Å²) in [6.07, 6.45) is 5.89. The van der Waals surface area contributed by atoms with E-state index in [0.29, 0.717) is 21.6 Å². The van der Waals surface area contributed by atoms with Crippen molar-refractivity contribution in [2.75, 3.05) is 7.11 Å². The quantitative estimate of drug-likeness (QED) is 0.736. The van der Waals surface area contributed by atoms with Crippen molar-refractivity contribution < 1.29 is 9.53 Å². The fraction of sp³-hybridized carbons (Fsp3) is 0.350. The number of fused-ring (bicyclic) bond motifs is 1. The van der Waals surface area contributed by atoms with Crippen LogP contribution in [0.1, 0.15) is 41.7 Å². The van der Waals surface area contributed by atoms with E-state index < -0.39 is 0 Å². The highest BCUT2D eigenvalue weighted by Crippen LogP contribution is 2.30. The van der Waals surface area contributed by atoms with Gasteiger partial charge in [0.15, 0.2) is 5.65 Å². The molecule has 1 aliphatic rings. The molecular formula is C20H21ClN4O2. The normalized spacial score (nSPS) is 14.6. The zero-order chi connectivity index (χ0) is 19.0. The van der Waals surface area contributed by atoms with Crippen LogP contribution in [0.4, 0.5) is 0 Å². The lowest BCUT2D eigenvalue weighted by Crippen LogP contribution is -2.32. The Morgan fingerprint density at radius 3 is 2.63 bits per heavy atom. The van der Waals surface area contributed by atoms with Gasteiger partial charge in [-0.15, -0.1) is 0 Å². The van der Waals surface area contributed by atoms with Crippen LogP contribution in [0.2, 0.25) is 5.02 Å². The molecule has 0 aliphatic heterocycles. The van der Waals surface area contributed by atoms with Crippen molar-refractivity contribution in [1.82, 2.24) is 20.1 Å². The van der Waals surface area contributed by atoms with Gasteiger partial charge in [0.25, 0.3) is 5.91 Å². The Morgan fingerprint density at radius 2 is 1.96 bits per heavy atom. The van der Waals surface area contributed by atoms with Gasteiger partial charge in [-0.2, -0.15) is 5.10 Å². The summed E-state index contributed by atoms with van der Waals surface area (Å²) in [4.78, 5) is 17.1. The third-order valence-corrected chi connectivity index (χ3v) is 5.45. The smallest absolute Gasteiger partial charge is 0.254 e. The molecule has 0 atom stereocenters. The van der Waals surface area contributed by atoms with Crippen LogP contribution in [0.5, 0.6) is 5.75 Å². The molecule has 0 saturated heterocycles. The average Bonchev–Trinajstić information content (AvgIpc) is 3.30. The molecule has 1 amide bonds. The molecule has 0 bridgehead atoms. The second-order valence-corrected chi connectivity index (χ2v) is 7.21. The molecule has 1 aliphatic carbocycles. The van der Waals surface area contributed by atoms with E-state index in [0.717, 1.165) is 42.8 Å². The van der Waals surface area contributed by atoms with E-state index in [1.807, 2.05) is 31.2 Å². The molecule has 1 aromatic carbocycles. The number of ether oxygens (including phenoxy) is 1. The van der Waals surface area contributed by atoms with Crippen LogP contribution >= 0.6 is 11.6 Å². The van der Waals surface area contributed by atoms with Crippen LogP contribution in [-0.4, -0.2) is 33.8 Å². The fourth-order valence-corrected chi connectivity index (χ4v) is 3.96. The van der Waals surface area contributed by atoms with E-state index in [1.54, 1.807) is 11.8 Å². The Kier molecular flexibility index (Phi) is 4.74. The number of rotatable bonds is 4. The number of pyridine rings is 1. The molecule has 6 nitrogen and oxygen atoms in total. The van der Waals surface area contributed by atoms with Crippen molar-refractivity contribution in [3.05, 3.63) is 46.7 Å². The first kappa shape index (κ1) is 17.8. The van der Waals surface area contributed by atoms with Gasteiger partial charge in [-0.25, -0.2) is 9.67 Å². The van der Waals surface area contributed by atoms with Gasteiger partial charge in [-0.05, 0) is 44.0 Å². The summed E-state index contributed by atoms with van der Waals surface area (Å²) in [6.45, 7) is 1.87. The second-order valence-electron chi connectivity index (χ2n) is 6.83. The summed E-state index contributed by atoms with van der Waals surface area (Å²) in [5.41, 5.74) is 2.60. The first-order chi connectivity index (χ1) is 13.1. The van der Waals surface area contributed by atoms with Gasteiger partial charge in [0.1, 0.15) is 5.75 Å². The summed E-state index contributed by atoms with van der Waals surface area (Å²) in [6, 6.07) is 7.77. The van der Waals surface area contributed by atoms with Crippen LogP contribution in [0.15, 0.2) is 30.5 Å². The number of nitrogens with zero attached hydrogens (tertiary/aromatic N) is 3. The van der Waals surface area contributed by atoms with Gasteiger partial charge in [0.05, 0.1) is 34.5 Å². The number of amides is 1. The lowest BCUT2D eigenvalue weighted by Gasteiger charge is -2.13. The Hall–Kier alpha value is -2.60. The summed E-state index contributed by atoms with van der Waals surface area (Å²) >= 11 is 6.60. The number of hydrogen-bond acceptors (Lipinski definition) is 4. The van der Waals surface area contributed by atoms with E-state index in [9.17, 15) is 4.79 Å². The Balaban J connectivity index is 1.72. The number of carbonyl (C=O) groups excluding carboxylic acids is 1. The minimum atomic E-state index is -0.169. The molecule has 140 valence electrons. The van der Waals surface area contributed by atoms with Crippen LogP contribution in [0, 0.1) is 6.92 Å². The topological polar surface area (TPSA) is 69.0 Å². The summed E-state index contributed by atoms with van der Waals surface area (Å²) < 4.78 is 6.93.